The van der Waals surface area contributed by atoms with Crippen LogP contribution in [0.3, 0.4) is 0 Å². The van der Waals surface area contributed by atoms with E-state index in [4.69, 9.17) is 0 Å². The first kappa shape index (κ1) is 19.6. The molecule has 2 heterocycles. The summed E-state index contributed by atoms with van der Waals surface area (Å²) in [6.07, 6.45) is 4.49. The van der Waals surface area contributed by atoms with Crippen molar-refractivity contribution in [1.82, 2.24) is 4.90 Å². The number of hydrogen-bond donors (Lipinski definition) is 0. The summed E-state index contributed by atoms with van der Waals surface area (Å²) >= 11 is 0. The van der Waals surface area contributed by atoms with Crippen LogP contribution >= 0.6 is 0 Å². The van der Waals surface area contributed by atoms with Gasteiger partial charge in [-0.2, -0.15) is 0 Å². The minimum absolute atomic E-state index is 0.0490. The Kier molecular flexibility index (Phi) is 5.99. The van der Waals surface area contributed by atoms with E-state index in [9.17, 15) is 18.0 Å². The first-order valence-corrected chi connectivity index (χ1v) is 11.2. The number of carbonyl (C=O) groups excluding carboxylic acids is 2. The Bertz CT molecular complexity index is 796. The Morgan fingerprint density at radius 3 is 2.37 bits per heavy atom. The number of aldehydes is 1. The highest BCUT2D eigenvalue weighted by atomic mass is 32.2. The van der Waals surface area contributed by atoms with Gasteiger partial charge in [0.25, 0.3) is 0 Å². The fraction of sp³-hybridized carbons (Fsp3) is 0.500. The number of amides is 1. The van der Waals surface area contributed by atoms with Crippen molar-refractivity contribution in [2.75, 3.05) is 36.0 Å². The molecule has 2 saturated heterocycles. The quantitative estimate of drug-likeness (QED) is 0.548. The molecule has 0 bridgehead atoms. The van der Waals surface area contributed by atoms with Gasteiger partial charge in [-0.15, -0.1) is 6.58 Å². The van der Waals surface area contributed by atoms with E-state index in [0.29, 0.717) is 18.5 Å². The third-order valence-corrected chi connectivity index (χ3v) is 7.25. The normalized spacial score (nSPS) is 22.4. The average Bonchev–Trinajstić information content (AvgIpc) is 3.05. The summed E-state index contributed by atoms with van der Waals surface area (Å²) in [5.74, 6) is 0.189. The van der Waals surface area contributed by atoms with Crippen LogP contribution in [0.1, 0.15) is 29.6 Å². The maximum absolute atomic E-state index is 13.0. The molecule has 1 amide bonds. The number of hydrogen-bond acceptors (Lipinski definition) is 5. The van der Waals surface area contributed by atoms with Crippen molar-refractivity contribution < 1.29 is 18.0 Å². The molecule has 1 aromatic carbocycles. The summed E-state index contributed by atoms with van der Waals surface area (Å²) in [5.41, 5.74) is 1.70. The molecule has 146 valence electrons. The van der Waals surface area contributed by atoms with Crippen LogP contribution in [0.2, 0.25) is 0 Å². The molecule has 1 atom stereocenters. The van der Waals surface area contributed by atoms with E-state index in [1.165, 1.54) is 0 Å². The molecule has 3 rings (SSSR count). The van der Waals surface area contributed by atoms with E-state index in [2.05, 4.69) is 11.5 Å². The lowest BCUT2D eigenvalue weighted by atomic mass is 9.94. The maximum Gasteiger partial charge on any atom is 0.226 e. The van der Waals surface area contributed by atoms with Crippen LogP contribution in [0.5, 0.6) is 0 Å². The topological polar surface area (TPSA) is 74.8 Å². The lowest BCUT2D eigenvalue weighted by Gasteiger charge is -2.37. The molecule has 2 aliphatic heterocycles. The third-order valence-electron chi connectivity index (χ3n) is 5.50. The van der Waals surface area contributed by atoms with Gasteiger partial charge >= 0.3 is 0 Å². The first-order chi connectivity index (χ1) is 12.9. The molecule has 7 heteroatoms. The lowest BCUT2D eigenvalue weighted by molar-refractivity contribution is -0.137. The van der Waals surface area contributed by atoms with Crippen molar-refractivity contribution in [3.05, 3.63) is 42.5 Å². The van der Waals surface area contributed by atoms with Crippen LogP contribution in [0.15, 0.2) is 36.9 Å². The molecule has 27 heavy (non-hydrogen) atoms. The van der Waals surface area contributed by atoms with E-state index in [1.54, 1.807) is 23.1 Å². The molecule has 0 spiro atoms. The Labute approximate surface area is 160 Å². The van der Waals surface area contributed by atoms with Gasteiger partial charge < -0.3 is 9.80 Å². The Balaban J connectivity index is 1.62. The number of rotatable bonds is 6. The molecule has 0 N–H and O–H groups in total. The highest BCUT2D eigenvalue weighted by Crippen LogP contribution is 2.27. The fourth-order valence-electron chi connectivity index (χ4n) is 3.96. The van der Waals surface area contributed by atoms with Crippen molar-refractivity contribution in [2.24, 2.45) is 5.92 Å². The maximum atomic E-state index is 13.0. The van der Waals surface area contributed by atoms with Crippen LogP contribution in [0, 0.1) is 5.92 Å². The highest BCUT2D eigenvalue weighted by Gasteiger charge is 2.37. The van der Waals surface area contributed by atoms with Crippen molar-refractivity contribution in [2.45, 2.75) is 25.3 Å². The zero-order valence-electron chi connectivity index (χ0n) is 15.4. The highest BCUT2D eigenvalue weighted by molar-refractivity contribution is 7.91. The standard InChI is InChI=1S/C20H26N2O4S/c1-2-10-22(19-9-13-27(25,26)15-19)20(24)17-7-11-21(12-8-17)18-5-3-16(14-23)4-6-18/h2-6,14,17,19H,1,7-13,15H2/t19-/m0/s1. The molecule has 2 aliphatic rings. The molecule has 2 fully saturated rings. The minimum atomic E-state index is -3.03. The van der Waals surface area contributed by atoms with Gasteiger partial charge in [-0.25, -0.2) is 8.42 Å². The van der Waals surface area contributed by atoms with Gasteiger partial charge in [-0.1, -0.05) is 6.08 Å². The number of anilines is 1. The van der Waals surface area contributed by atoms with E-state index < -0.39 is 9.84 Å². The fourth-order valence-corrected chi connectivity index (χ4v) is 5.69. The minimum Gasteiger partial charge on any atom is -0.371 e. The molecule has 0 aromatic heterocycles. The second-order valence-corrected chi connectivity index (χ2v) is 9.54. The predicted octanol–water partition coefficient (Wildman–Crippen LogP) is 1.92. The smallest absolute Gasteiger partial charge is 0.226 e. The van der Waals surface area contributed by atoms with E-state index in [1.807, 2.05) is 12.1 Å². The van der Waals surface area contributed by atoms with Gasteiger partial charge in [-0.05, 0) is 43.5 Å². The Hall–Kier alpha value is -2.15. The van der Waals surface area contributed by atoms with Crippen LogP contribution in [-0.4, -0.2) is 62.7 Å². The van der Waals surface area contributed by atoms with Crippen LogP contribution in [0.4, 0.5) is 5.69 Å². The number of nitrogens with zero attached hydrogens (tertiary/aromatic N) is 2. The number of carbonyl (C=O) groups is 2. The molecule has 1 aromatic rings. The molecule has 6 nitrogen and oxygen atoms in total. The largest absolute Gasteiger partial charge is 0.371 e. The zero-order chi connectivity index (χ0) is 19.4. The van der Waals surface area contributed by atoms with Gasteiger partial charge in [0.2, 0.25) is 5.91 Å². The summed E-state index contributed by atoms with van der Waals surface area (Å²) in [5, 5.41) is 0. The van der Waals surface area contributed by atoms with Gasteiger partial charge in [0, 0.05) is 42.8 Å². The number of benzene rings is 1. The monoisotopic (exact) mass is 390 g/mol. The first-order valence-electron chi connectivity index (χ1n) is 9.35. The van der Waals surface area contributed by atoms with Crippen LogP contribution in [-0.2, 0) is 14.6 Å². The van der Waals surface area contributed by atoms with Crippen molar-refractivity contribution in [3.63, 3.8) is 0 Å². The van der Waals surface area contributed by atoms with Gasteiger partial charge in [0.15, 0.2) is 9.84 Å². The Morgan fingerprint density at radius 2 is 1.85 bits per heavy atom. The molecule has 0 saturated carbocycles. The predicted molar refractivity (Wildman–Crippen MR) is 106 cm³/mol. The summed E-state index contributed by atoms with van der Waals surface area (Å²) in [4.78, 5) is 27.8. The number of piperidine rings is 1. The Morgan fingerprint density at radius 1 is 1.19 bits per heavy atom. The van der Waals surface area contributed by atoms with Gasteiger partial charge in [-0.3, -0.25) is 9.59 Å². The second kappa shape index (κ2) is 8.25. The second-order valence-electron chi connectivity index (χ2n) is 7.31. The molecule has 0 aliphatic carbocycles. The number of sulfone groups is 1. The molecular formula is C20H26N2O4S. The van der Waals surface area contributed by atoms with Crippen molar-refractivity contribution in [3.8, 4) is 0 Å². The van der Waals surface area contributed by atoms with E-state index in [-0.39, 0.29) is 29.4 Å². The molecular weight excluding hydrogens is 364 g/mol. The SMILES string of the molecule is C=CCN(C(=O)C1CCN(c2ccc(C=O)cc2)CC1)[C@H]1CCS(=O)(=O)C1. The average molecular weight is 391 g/mol. The zero-order valence-corrected chi connectivity index (χ0v) is 16.2. The van der Waals surface area contributed by atoms with Crippen LogP contribution < -0.4 is 4.90 Å². The summed E-state index contributed by atoms with van der Waals surface area (Å²) in [6.45, 7) is 5.65. The van der Waals surface area contributed by atoms with Crippen LogP contribution in [0.25, 0.3) is 0 Å². The third kappa shape index (κ3) is 4.58. The van der Waals surface area contributed by atoms with Crippen molar-refractivity contribution >= 4 is 27.7 Å². The van der Waals surface area contributed by atoms with E-state index in [0.717, 1.165) is 37.9 Å². The summed E-state index contributed by atoms with van der Waals surface area (Å²) < 4.78 is 23.6. The van der Waals surface area contributed by atoms with Gasteiger partial charge in [0.05, 0.1) is 11.5 Å². The van der Waals surface area contributed by atoms with Crippen molar-refractivity contribution in [1.29, 1.82) is 0 Å². The lowest BCUT2D eigenvalue weighted by Crippen LogP contribution is -2.47. The molecule has 0 unspecified atom stereocenters. The van der Waals surface area contributed by atoms with Gasteiger partial charge in [0.1, 0.15) is 6.29 Å². The summed E-state index contributed by atoms with van der Waals surface area (Å²) in [7, 11) is -3.03. The summed E-state index contributed by atoms with van der Waals surface area (Å²) in [6, 6.07) is 7.23. The molecule has 0 radical (unpaired) electrons. The van der Waals surface area contributed by atoms with E-state index >= 15 is 0 Å².